The molecule has 0 fully saturated rings. The Kier molecular flexibility index (Phi) is 4.53. The number of carbonyl (C=O) groups excluding carboxylic acids is 1. The number of benzene rings is 1. The van der Waals surface area contributed by atoms with Gasteiger partial charge in [0.25, 0.3) is 5.91 Å². The highest BCUT2D eigenvalue weighted by molar-refractivity contribution is 7.12. The molecule has 0 spiro atoms. The number of aliphatic carboxylic acids is 1. The van der Waals surface area contributed by atoms with E-state index in [-0.39, 0.29) is 12.5 Å². The predicted molar refractivity (Wildman–Crippen MR) is 79.2 cm³/mol. The molecule has 20 heavy (non-hydrogen) atoms. The predicted octanol–water partition coefficient (Wildman–Crippen LogP) is 3.12. The van der Waals surface area contributed by atoms with Gasteiger partial charge in [0.2, 0.25) is 0 Å². The molecule has 1 atom stereocenters. The molecule has 1 N–H and O–H groups in total. The lowest BCUT2D eigenvalue weighted by atomic mass is 10.1. The van der Waals surface area contributed by atoms with E-state index < -0.39 is 11.9 Å². The zero-order chi connectivity index (χ0) is 14.5. The minimum absolute atomic E-state index is 0.149. The van der Waals surface area contributed by atoms with E-state index in [2.05, 4.69) is 0 Å². The summed E-state index contributed by atoms with van der Waals surface area (Å²) >= 11 is 1.35. The van der Waals surface area contributed by atoms with Crippen LogP contribution in [0.15, 0.2) is 47.8 Å². The molecule has 1 aromatic heterocycles. The third kappa shape index (κ3) is 3.24. The molecule has 0 aliphatic heterocycles. The number of amides is 1. The van der Waals surface area contributed by atoms with Gasteiger partial charge in [-0.1, -0.05) is 31.2 Å². The molecule has 4 nitrogen and oxygen atoms in total. The molecule has 0 saturated heterocycles. The van der Waals surface area contributed by atoms with E-state index in [0.29, 0.717) is 10.6 Å². The van der Waals surface area contributed by atoms with Crippen molar-refractivity contribution in [3.05, 3.63) is 52.7 Å². The minimum Gasteiger partial charge on any atom is -0.481 e. The van der Waals surface area contributed by atoms with E-state index in [1.165, 1.54) is 16.2 Å². The number of rotatable bonds is 5. The maximum absolute atomic E-state index is 12.5. The monoisotopic (exact) mass is 289 g/mol. The number of hydrogen-bond donors (Lipinski definition) is 1. The van der Waals surface area contributed by atoms with Crippen LogP contribution in [-0.4, -0.2) is 23.5 Å². The molecule has 5 heteroatoms. The van der Waals surface area contributed by atoms with Gasteiger partial charge in [-0.25, -0.2) is 0 Å². The Morgan fingerprint density at radius 3 is 2.45 bits per heavy atom. The maximum Gasteiger partial charge on any atom is 0.308 e. The molecule has 1 aromatic carbocycles. The molecule has 0 saturated carbocycles. The molecule has 2 aromatic rings. The summed E-state index contributed by atoms with van der Waals surface area (Å²) in [6.07, 6.45) is 0. The molecule has 1 heterocycles. The van der Waals surface area contributed by atoms with E-state index in [9.17, 15) is 9.59 Å². The Balaban J connectivity index is 2.29. The molecule has 2 rings (SSSR count). The summed E-state index contributed by atoms with van der Waals surface area (Å²) in [5.74, 6) is -1.71. The van der Waals surface area contributed by atoms with Crippen LogP contribution in [0, 0.1) is 5.92 Å². The second kappa shape index (κ2) is 6.34. The zero-order valence-electron chi connectivity index (χ0n) is 11.0. The van der Waals surface area contributed by atoms with E-state index in [4.69, 9.17) is 5.11 Å². The van der Waals surface area contributed by atoms with Crippen molar-refractivity contribution in [1.82, 2.24) is 0 Å². The zero-order valence-corrected chi connectivity index (χ0v) is 11.8. The summed E-state index contributed by atoms with van der Waals surface area (Å²) in [6, 6.07) is 12.7. The lowest BCUT2D eigenvalue weighted by molar-refractivity contribution is -0.140. The van der Waals surface area contributed by atoms with Crippen LogP contribution in [0.25, 0.3) is 0 Å². The van der Waals surface area contributed by atoms with Gasteiger partial charge in [-0.2, -0.15) is 0 Å². The Labute approximate surface area is 121 Å². The largest absolute Gasteiger partial charge is 0.481 e. The number of nitrogens with zero attached hydrogens (tertiary/aromatic N) is 1. The third-order valence-electron chi connectivity index (χ3n) is 2.92. The fraction of sp³-hybridized carbons (Fsp3) is 0.200. The van der Waals surface area contributed by atoms with Gasteiger partial charge in [0.1, 0.15) is 0 Å². The van der Waals surface area contributed by atoms with E-state index in [1.54, 1.807) is 25.1 Å². The second-order valence-corrected chi connectivity index (χ2v) is 5.42. The SMILES string of the molecule is CC(CN(C(=O)c1cccs1)c1ccccc1)C(=O)O. The molecular formula is C15H15NO3S. The van der Waals surface area contributed by atoms with Crippen molar-refractivity contribution in [2.45, 2.75) is 6.92 Å². The Morgan fingerprint density at radius 1 is 1.20 bits per heavy atom. The molecule has 1 unspecified atom stereocenters. The lowest BCUT2D eigenvalue weighted by Crippen LogP contribution is -2.36. The van der Waals surface area contributed by atoms with Gasteiger partial charge < -0.3 is 10.0 Å². The van der Waals surface area contributed by atoms with Crippen molar-refractivity contribution >= 4 is 28.9 Å². The Bertz CT molecular complexity index is 580. The van der Waals surface area contributed by atoms with Crippen LogP contribution in [0.5, 0.6) is 0 Å². The Hall–Kier alpha value is -2.14. The third-order valence-corrected chi connectivity index (χ3v) is 3.78. The number of carbonyl (C=O) groups is 2. The van der Waals surface area contributed by atoms with Crippen LogP contribution in [-0.2, 0) is 4.79 Å². The van der Waals surface area contributed by atoms with Crippen LogP contribution in [0.3, 0.4) is 0 Å². The summed E-state index contributed by atoms with van der Waals surface area (Å²) in [4.78, 5) is 25.7. The first kappa shape index (κ1) is 14.3. The lowest BCUT2D eigenvalue weighted by Gasteiger charge is -2.24. The summed E-state index contributed by atoms with van der Waals surface area (Å²) in [7, 11) is 0. The standard InChI is InChI=1S/C15H15NO3S/c1-11(15(18)19)10-16(12-6-3-2-4-7-12)14(17)13-8-5-9-20-13/h2-9,11H,10H2,1H3,(H,18,19). The van der Waals surface area contributed by atoms with Crippen molar-refractivity contribution in [1.29, 1.82) is 0 Å². The van der Waals surface area contributed by atoms with Gasteiger partial charge in [0, 0.05) is 12.2 Å². The highest BCUT2D eigenvalue weighted by atomic mass is 32.1. The smallest absolute Gasteiger partial charge is 0.308 e. The van der Waals surface area contributed by atoms with E-state index in [1.807, 2.05) is 29.6 Å². The fourth-order valence-corrected chi connectivity index (χ4v) is 2.47. The number of thiophene rings is 1. The highest BCUT2D eigenvalue weighted by Crippen LogP contribution is 2.20. The van der Waals surface area contributed by atoms with Gasteiger partial charge in [-0.15, -0.1) is 11.3 Å². The summed E-state index contributed by atoms with van der Waals surface area (Å²) in [5, 5.41) is 10.9. The molecular weight excluding hydrogens is 274 g/mol. The first-order valence-electron chi connectivity index (χ1n) is 6.23. The number of anilines is 1. The van der Waals surface area contributed by atoms with E-state index in [0.717, 1.165) is 0 Å². The van der Waals surface area contributed by atoms with Crippen LogP contribution >= 0.6 is 11.3 Å². The molecule has 0 bridgehead atoms. The van der Waals surface area contributed by atoms with Gasteiger partial charge >= 0.3 is 5.97 Å². The Morgan fingerprint density at radius 2 is 1.90 bits per heavy atom. The van der Waals surface area contributed by atoms with Gasteiger partial charge in [0.15, 0.2) is 0 Å². The maximum atomic E-state index is 12.5. The number of carboxylic acid groups (broad SMARTS) is 1. The first-order chi connectivity index (χ1) is 9.59. The van der Waals surface area contributed by atoms with Gasteiger partial charge in [-0.3, -0.25) is 9.59 Å². The normalized spacial score (nSPS) is 11.8. The summed E-state index contributed by atoms with van der Waals surface area (Å²) < 4.78 is 0. The van der Waals surface area contributed by atoms with Crippen molar-refractivity contribution in [3.8, 4) is 0 Å². The average Bonchev–Trinajstić information content (AvgIpc) is 2.98. The quantitative estimate of drug-likeness (QED) is 0.920. The van der Waals surface area contributed by atoms with Crippen molar-refractivity contribution in [2.75, 3.05) is 11.4 Å². The number of carboxylic acids is 1. The fourth-order valence-electron chi connectivity index (χ4n) is 1.80. The summed E-state index contributed by atoms with van der Waals surface area (Å²) in [6.45, 7) is 1.75. The minimum atomic E-state index is -0.912. The average molecular weight is 289 g/mol. The topological polar surface area (TPSA) is 57.6 Å². The van der Waals surface area contributed by atoms with Crippen molar-refractivity contribution < 1.29 is 14.7 Å². The second-order valence-electron chi connectivity index (χ2n) is 4.47. The molecule has 1 amide bonds. The van der Waals surface area contributed by atoms with Crippen LogP contribution in [0.4, 0.5) is 5.69 Å². The number of hydrogen-bond acceptors (Lipinski definition) is 3. The van der Waals surface area contributed by atoms with Gasteiger partial charge in [0.05, 0.1) is 10.8 Å². The van der Waals surface area contributed by atoms with E-state index >= 15 is 0 Å². The van der Waals surface area contributed by atoms with Crippen LogP contribution in [0.2, 0.25) is 0 Å². The summed E-state index contributed by atoms with van der Waals surface area (Å²) in [5.41, 5.74) is 0.707. The molecule has 0 radical (unpaired) electrons. The van der Waals surface area contributed by atoms with Crippen LogP contribution < -0.4 is 4.90 Å². The molecule has 104 valence electrons. The van der Waals surface area contributed by atoms with Crippen molar-refractivity contribution in [3.63, 3.8) is 0 Å². The number of para-hydroxylation sites is 1. The molecule has 0 aliphatic rings. The first-order valence-corrected chi connectivity index (χ1v) is 7.11. The van der Waals surface area contributed by atoms with Gasteiger partial charge in [-0.05, 0) is 23.6 Å². The highest BCUT2D eigenvalue weighted by Gasteiger charge is 2.23. The van der Waals surface area contributed by atoms with Crippen LogP contribution in [0.1, 0.15) is 16.6 Å². The van der Waals surface area contributed by atoms with Crippen molar-refractivity contribution in [2.24, 2.45) is 5.92 Å². The molecule has 0 aliphatic carbocycles.